The average molecular weight is 322 g/mol. The van der Waals surface area contributed by atoms with E-state index in [9.17, 15) is 0 Å². The highest BCUT2D eigenvalue weighted by molar-refractivity contribution is 4.99. The van der Waals surface area contributed by atoms with Crippen molar-refractivity contribution in [1.82, 2.24) is 9.80 Å². The molecule has 0 saturated carbocycles. The summed E-state index contributed by atoms with van der Waals surface area (Å²) < 4.78 is 11.6. The molecule has 1 aliphatic rings. The van der Waals surface area contributed by atoms with Crippen LogP contribution in [0.25, 0.3) is 0 Å². The third-order valence-corrected chi connectivity index (χ3v) is 4.64. The number of rotatable bonds is 8. The van der Waals surface area contributed by atoms with Crippen molar-refractivity contribution in [3.05, 3.63) is 24.2 Å². The van der Waals surface area contributed by atoms with Crippen molar-refractivity contribution in [2.75, 3.05) is 40.3 Å². The summed E-state index contributed by atoms with van der Waals surface area (Å²) in [5.74, 6) is 1.06. The first-order chi connectivity index (χ1) is 10.8. The summed E-state index contributed by atoms with van der Waals surface area (Å²) in [6, 6.07) is 4.06. The lowest BCUT2D eigenvalue weighted by atomic mass is 9.73. The second-order valence-corrected chi connectivity index (χ2v) is 8.06. The van der Waals surface area contributed by atoms with E-state index in [4.69, 9.17) is 9.15 Å². The summed E-state index contributed by atoms with van der Waals surface area (Å²) in [6.07, 6.45) is 5.18. The summed E-state index contributed by atoms with van der Waals surface area (Å²) in [5, 5.41) is 0. The van der Waals surface area contributed by atoms with Crippen molar-refractivity contribution in [1.29, 1.82) is 0 Å². The van der Waals surface area contributed by atoms with Gasteiger partial charge in [-0.2, -0.15) is 0 Å². The molecule has 1 fully saturated rings. The van der Waals surface area contributed by atoms with Gasteiger partial charge in [-0.15, -0.1) is 0 Å². The van der Waals surface area contributed by atoms with Gasteiger partial charge in [-0.25, -0.2) is 0 Å². The minimum atomic E-state index is -0.0309. The van der Waals surface area contributed by atoms with Gasteiger partial charge in [0.2, 0.25) is 0 Å². The van der Waals surface area contributed by atoms with Crippen molar-refractivity contribution in [3.63, 3.8) is 0 Å². The molecular formula is C19H34N2O2. The lowest BCUT2D eigenvalue weighted by molar-refractivity contribution is -0.118. The highest BCUT2D eigenvalue weighted by Crippen LogP contribution is 2.40. The van der Waals surface area contributed by atoms with Crippen molar-refractivity contribution in [3.8, 4) is 0 Å². The molecule has 1 saturated heterocycles. The minimum absolute atomic E-state index is 0.0309. The summed E-state index contributed by atoms with van der Waals surface area (Å²) in [4.78, 5) is 4.89. The second-order valence-electron chi connectivity index (χ2n) is 8.06. The SMILES string of the molecule is CCCN(Cc1ccco1)CC1(CN(C)C)CCOC(C)(C)C1. The lowest BCUT2D eigenvalue weighted by Crippen LogP contribution is -2.51. The van der Waals surface area contributed by atoms with Crippen LogP contribution in [-0.4, -0.2) is 55.7 Å². The molecule has 1 atom stereocenters. The molecule has 2 rings (SSSR count). The van der Waals surface area contributed by atoms with E-state index in [0.717, 1.165) is 51.4 Å². The molecule has 1 aliphatic heterocycles. The van der Waals surface area contributed by atoms with Crippen LogP contribution in [0.2, 0.25) is 0 Å². The molecule has 0 bridgehead atoms. The molecule has 23 heavy (non-hydrogen) atoms. The molecular weight excluding hydrogens is 288 g/mol. The maximum absolute atomic E-state index is 5.99. The minimum Gasteiger partial charge on any atom is -0.468 e. The average Bonchev–Trinajstić information content (AvgIpc) is 2.89. The van der Waals surface area contributed by atoms with Crippen LogP contribution >= 0.6 is 0 Å². The standard InChI is InChI=1S/C19H34N2O2/c1-6-10-21(13-17-8-7-11-22-17)16-19(15-20(4)5)9-12-23-18(2,3)14-19/h7-8,11H,6,9-10,12-16H2,1-5H3. The smallest absolute Gasteiger partial charge is 0.117 e. The summed E-state index contributed by atoms with van der Waals surface area (Å²) in [5.41, 5.74) is 0.254. The maximum atomic E-state index is 5.99. The molecule has 4 nitrogen and oxygen atoms in total. The fraction of sp³-hybridized carbons (Fsp3) is 0.789. The summed E-state index contributed by atoms with van der Waals surface area (Å²) in [6.45, 7) is 11.8. The molecule has 0 aromatic carbocycles. The second kappa shape index (κ2) is 7.82. The van der Waals surface area contributed by atoms with Crippen molar-refractivity contribution < 1.29 is 9.15 Å². The Morgan fingerprint density at radius 3 is 2.57 bits per heavy atom. The number of ether oxygens (including phenoxy) is 1. The van der Waals surface area contributed by atoms with Crippen molar-refractivity contribution in [2.24, 2.45) is 5.41 Å². The Bertz CT molecular complexity index is 456. The zero-order chi connectivity index (χ0) is 16.9. The first-order valence-electron chi connectivity index (χ1n) is 8.88. The number of nitrogens with zero attached hydrogens (tertiary/aromatic N) is 2. The zero-order valence-electron chi connectivity index (χ0n) is 15.6. The molecule has 0 aliphatic carbocycles. The molecule has 0 spiro atoms. The van der Waals surface area contributed by atoms with Crippen molar-refractivity contribution >= 4 is 0 Å². The van der Waals surface area contributed by atoms with E-state index < -0.39 is 0 Å². The Kier molecular flexibility index (Phi) is 6.29. The molecule has 4 heteroatoms. The van der Waals surface area contributed by atoms with Gasteiger partial charge in [0.05, 0.1) is 18.4 Å². The predicted octanol–water partition coefficient (Wildman–Crippen LogP) is 3.63. The molecule has 0 N–H and O–H groups in total. The van der Waals surface area contributed by atoms with E-state index in [2.05, 4.69) is 50.7 Å². The van der Waals surface area contributed by atoms with Crippen LogP contribution < -0.4 is 0 Å². The Labute approximate surface area is 141 Å². The summed E-state index contributed by atoms with van der Waals surface area (Å²) in [7, 11) is 4.36. The predicted molar refractivity (Wildman–Crippen MR) is 94.5 cm³/mol. The van der Waals surface area contributed by atoms with Gasteiger partial charge in [-0.05, 0) is 65.9 Å². The van der Waals surface area contributed by atoms with Gasteiger partial charge in [0.15, 0.2) is 0 Å². The van der Waals surface area contributed by atoms with Gasteiger partial charge in [0.1, 0.15) is 5.76 Å². The van der Waals surface area contributed by atoms with Gasteiger partial charge in [-0.1, -0.05) is 6.92 Å². The summed E-state index contributed by atoms with van der Waals surface area (Å²) >= 11 is 0. The fourth-order valence-electron chi connectivity index (χ4n) is 4.20. The first-order valence-corrected chi connectivity index (χ1v) is 8.88. The van der Waals surface area contributed by atoms with Crippen LogP contribution in [0.5, 0.6) is 0 Å². The van der Waals surface area contributed by atoms with Crippen molar-refractivity contribution in [2.45, 2.75) is 52.2 Å². The van der Waals surface area contributed by atoms with E-state index in [1.165, 1.54) is 6.42 Å². The Balaban J connectivity index is 2.13. The molecule has 1 unspecified atom stereocenters. The molecule has 1 aromatic heterocycles. The van der Waals surface area contributed by atoms with E-state index in [1.54, 1.807) is 6.26 Å². The van der Waals surface area contributed by atoms with Crippen LogP contribution in [0.1, 0.15) is 45.8 Å². The first kappa shape index (κ1) is 18.5. The number of furan rings is 1. The molecule has 2 heterocycles. The third kappa shape index (κ3) is 5.63. The third-order valence-electron chi connectivity index (χ3n) is 4.64. The van der Waals surface area contributed by atoms with Gasteiger partial charge in [0.25, 0.3) is 0 Å². The largest absolute Gasteiger partial charge is 0.468 e. The lowest BCUT2D eigenvalue weighted by Gasteiger charge is -2.48. The molecule has 0 radical (unpaired) electrons. The van der Waals surface area contributed by atoms with Crippen LogP contribution in [0.15, 0.2) is 22.8 Å². The van der Waals surface area contributed by atoms with Crippen LogP contribution in [-0.2, 0) is 11.3 Å². The van der Waals surface area contributed by atoms with Gasteiger partial charge < -0.3 is 14.1 Å². The van der Waals surface area contributed by atoms with E-state index in [0.29, 0.717) is 0 Å². The number of hydrogen-bond donors (Lipinski definition) is 0. The van der Waals surface area contributed by atoms with E-state index in [-0.39, 0.29) is 11.0 Å². The van der Waals surface area contributed by atoms with E-state index in [1.807, 2.05) is 6.07 Å². The fourth-order valence-corrected chi connectivity index (χ4v) is 4.20. The highest BCUT2D eigenvalue weighted by Gasteiger charge is 2.42. The van der Waals surface area contributed by atoms with Crippen LogP contribution in [0, 0.1) is 5.41 Å². The van der Waals surface area contributed by atoms with Crippen LogP contribution in [0.4, 0.5) is 0 Å². The van der Waals surface area contributed by atoms with Crippen LogP contribution in [0.3, 0.4) is 0 Å². The van der Waals surface area contributed by atoms with Gasteiger partial charge in [0, 0.05) is 25.1 Å². The molecule has 0 amide bonds. The van der Waals surface area contributed by atoms with Gasteiger partial charge in [-0.3, -0.25) is 4.90 Å². The quantitative estimate of drug-likeness (QED) is 0.731. The monoisotopic (exact) mass is 322 g/mol. The topological polar surface area (TPSA) is 28.9 Å². The molecule has 1 aromatic rings. The number of hydrogen-bond acceptors (Lipinski definition) is 4. The maximum Gasteiger partial charge on any atom is 0.117 e. The zero-order valence-corrected chi connectivity index (χ0v) is 15.6. The van der Waals surface area contributed by atoms with E-state index >= 15 is 0 Å². The molecule has 132 valence electrons. The Hall–Kier alpha value is -0.840. The highest BCUT2D eigenvalue weighted by atomic mass is 16.5. The Morgan fingerprint density at radius 2 is 2.00 bits per heavy atom. The normalized spacial score (nSPS) is 24.5. The Morgan fingerprint density at radius 1 is 1.22 bits per heavy atom. The van der Waals surface area contributed by atoms with Gasteiger partial charge >= 0.3 is 0 Å².